The van der Waals surface area contributed by atoms with Gasteiger partial charge in [-0.15, -0.1) is 0 Å². The molecule has 1 aliphatic rings. The van der Waals surface area contributed by atoms with Crippen LogP contribution in [-0.2, 0) is 15.1 Å². The molecule has 3 rings (SSSR count). The van der Waals surface area contributed by atoms with Gasteiger partial charge >= 0.3 is 6.03 Å². The topological polar surface area (TPSA) is 106 Å². The summed E-state index contributed by atoms with van der Waals surface area (Å²) < 4.78 is 16.1. The fourth-order valence-electron chi connectivity index (χ4n) is 3.32. The Morgan fingerprint density at radius 2 is 1.59 bits per heavy atom. The predicted octanol–water partition coefficient (Wildman–Crippen LogP) is 2.06. The van der Waals surface area contributed by atoms with E-state index in [1.807, 2.05) is 6.92 Å². The average molecular weight is 441 g/mol. The molecule has 1 fully saturated rings. The van der Waals surface area contributed by atoms with Crippen LogP contribution in [0.4, 0.5) is 4.79 Å². The number of carbonyl (C=O) groups is 3. The highest BCUT2D eigenvalue weighted by Gasteiger charge is 2.49. The van der Waals surface area contributed by atoms with Gasteiger partial charge in [0.1, 0.15) is 35.9 Å². The molecule has 0 unspecified atom stereocenters. The molecule has 9 nitrogen and oxygen atoms in total. The number of benzene rings is 2. The van der Waals surface area contributed by atoms with Crippen LogP contribution < -0.4 is 24.8 Å². The molecule has 0 radical (unpaired) electrons. The summed E-state index contributed by atoms with van der Waals surface area (Å²) in [5.74, 6) is 1.09. The standard InChI is InChI=1S/C23H27N3O6/c1-4-31-18-9-11-19(12-10-18)32-14-13-24-20(27)15-26-21(28)23(2,25-22(26)29)16-5-7-17(30-3)8-6-16/h5-12H,4,13-15H2,1-3H3,(H,24,27)(H,25,29)/t23-/m1/s1. The Balaban J connectivity index is 1.49. The van der Waals surface area contributed by atoms with Crippen molar-refractivity contribution in [2.45, 2.75) is 19.4 Å². The van der Waals surface area contributed by atoms with Gasteiger partial charge in [0.2, 0.25) is 5.91 Å². The SMILES string of the molecule is CCOc1ccc(OCCNC(=O)CN2C(=O)N[C@](C)(c3ccc(OC)cc3)C2=O)cc1. The summed E-state index contributed by atoms with van der Waals surface area (Å²) in [4.78, 5) is 38.5. The number of hydrogen-bond donors (Lipinski definition) is 2. The zero-order valence-electron chi connectivity index (χ0n) is 18.3. The Kier molecular flexibility index (Phi) is 7.19. The Morgan fingerprint density at radius 1 is 1.00 bits per heavy atom. The maximum atomic E-state index is 12.9. The molecule has 1 atom stereocenters. The summed E-state index contributed by atoms with van der Waals surface area (Å²) in [7, 11) is 1.54. The average Bonchev–Trinajstić information content (AvgIpc) is 3.02. The molecule has 0 bridgehead atoms. The largest absolute Gasteiger partial charge is 0.497 e. The van der Waals surface area contributed by atoms with Crippen LogP contribution in [0, 0.1) is 0 Å². The van der Waals surface area contributed by atoms with E-state index in [-0.39, 0.29) is 19.7 Å². The van der Waals surface area contributed by atoms with Gasteiger partial charge < -0.3 is 24.8 Å². The van der Waals surface area contributed by atoms with E-state index in [0.717, 1.165) is 10.6 Å². The zero-order chi connectivity index (χ0) is 23.1. The highest BCUT2D eigenvalue weighted by Crippen LogP contribution is 2.29. The molecule has 170 valence electrons. The van der Waals surface area contributed by atoms with E-state index >= 15 is 0 Å². The number of ether oxygens (including phenoxy) is 3. The monoisotopic (exact) mass is 441 g/mol. The molecule has 0 saturated carbocycles. The first-order chi connectivity index (χ1) is 15.4. The van der Waals surface area contributed by atoms with Crippen LogP contribution in [-0.4, -0.2) is 56.2 Å². The van der Waals surface area contributed by atoms with Gasteiger partial charge in [-0.25, -0.2) is 4.79 Å². The summed E-state index contributed by atoms with van der Waals surface area (Å²) in [6.45, 7) is 4.20. The second-order valence-corrected chi connectivity index (χ2v) is 7.28. The predicted molar refractivity (Wildman–Crippen MR) is 117 cm³/mol. The van der Waals surface area contributed by atoms with Crippen LogP contribution in [0.5, 0.6) is 17.2 Å². The fourth-order valence-corrected chi connectivity index (χ4v) is 3.32. The quantitative estimate of drug-likeness (QED) is 0.432. The molecule has 0 aliphatic carbocycles. The summed E-state index contributed by atoms with van der Waals surface area (Å²) in [6, 6.07) is 13.4. The molecular formula is C23H27N3O6. The van der Waals surface area contributed by atoms with Gasteiger partial charge in [-0.1, -0.05) is 12.1 Å². The molecule has 2 aromatic rings. The summed E-state index contributed by atoms with van der Waals surface area (Å²) in [6.07, 6.45) is 0. The number of imide groups is 1. The van der Waals surface area contributed by atoms with Gasteiger partial charge in [0.05, 0.1) is 20.3 Å². The van der Waals surface area contributed by atoms with Gasteiger partial charge in [0.25, 0.3) is 5.91 Å². The Labute approximate surface area is 186 Å². The van der Waals surface area contributed by atoms with Crippen LogP contribution in [0.25, 0.3) is 0 Å². The summed E-state index contributed by atoms with van der Waals surface area (Å²) >= 11 is 0. The van der Waals surface area contributed by atoms with Crippen molar-refractivity contribution in [2.24, 2.45) is 0 Å². The van der Waals surface area contributed by atoms with E-state index in [1.165, 1.54) is 0 Å². The Morgan fingerprint density at radius 3 is 2.19 bits per heavy atom. The molecule has 2 N–H and O–H groups in total. The third kappa shape index (κ3) is 5.11. The van der Waals surface area contributed by atoms with Crippen LogP contribution in [0.15, 0.2) is 48.5 Å². The fraction of sp³-hybridized carbons (Fsp3) is 0.348. The lowest BCUT2D eigenvalue weighted by Crippen LogP contribution is -2.43. The number of hydrogen-bond acceptors (Lipinski definition) is 6. The highest BCUT2D eigenvalue weighted by molar-refractivity contribution is 6.09. The molecule has 0 spiro atoms. The number of carbonyl (C=O) groups excluding carboxylic acids is 3. The maximum absolute atomic E-state index is 12.9. The lowest BCUT2D eigenvalue weighted by Gasteiger charge is -2.22. The van der Waals surface area contributed by atoms with Crippen molar-refractivity contribution >= 4 is 17.8 Å². The van der Waals surface area contributed by atoms with Gasteiger partial charge in [-0.05, 0) is 55.8 Å². The Bertz CT molecular complexity index is 961. The van der Waals surface area contributed by atoms with E-state index in [4.69, 9.17) is 14.2 Å². The minimum absolute atomic E-state index is 0.228. The number of nitrogens with zero attached hydrogens (tertiary/aromatic N) is 1. The van der Waals surface area contributed by atoms with Crippen molar-refractivity contribution in [3.63, 3.8) is 0 Å². The molecule has 1 saturated heterocycles. The smallest absolute Gasteiger partial charge is 0.325 e. The molecule has 1 aliphatic heterocycles. The Hall–Kier alpha value is -3.75. The van der Waals surface area contributed by atoms with Gasteiger partial charge in [0.15, 0.2) is 0 Å². The van der Waals surface area contributed by atoms with E-state index in [2.05, 4.69) is 10.6 Å². The van der Waals surface area contributed by atoms with Crippen molar-refractivity contribution in [3.8, 4) is 17.2 Å². The number of urea groups is 1. The van der Waals surface area contributed by atoms with Crippen LogP contribution in [0.2, 0.25) is 0 Å². The molecule has 0 aromatic heterocycles. The van der Waals surface area contributed by atoms with Crippen molar-refractivity contribution in [3.05, 3.63) is 54.1 Å². The lowest BCUT2D eigenvalue weighted by molar-refractivity contribution is -0.134. The van der Waals surface area contributed by atoms with Crippen molar-refractivity contribution in [1.29, 1.82) is 0 Å². The molecule has 4 amide bonds. The number of methoxy groups -OCH3 is 1. The first kappa shape index (κ1) is 22.9. The first-order valence-electron chi connectivity index (χ1n) is 10.3. The van der Waals surface area contributed by atoms with Crippen molar-refractivity contribution in [2.75, 3.05) is 33.4 Å². The minimum atomic E-state index is -1.25. The molecular weight excluding hydrogens is 414 g/mol. The molecule has 32 heavy (non-hydrogen) atoms. The van der Waals surface area contributed by atoms with Gasteiger partial charge in [-0.3, -0.25) is 14.5 Å². The van der Waals surface area contributed by atoms with Crippen molar-refractivity contribution < 1.29 is 28.6 Å². The van der Waals surface area contributed by atoms with Crippen LogP contribution in [0.3, 0.4) is 0 Å². The third-order valence-corrected chi connectivity index (χ3v) is 5.07. The lowest BCUT2D eigenvalue weighted by atomic mass is 9.92. The molecule has 9 heteroatoms. The van der Waals surface area contributed by atoms with E-state index in [1.54, 1.807) is 62.6 Å². The number of rotatable bonds is 10. The highest BCUT2D eigenvalue weighted by atomic mass is 16.5. The van der Waals surface area contributed by atoms with E-state index in [9.17, 15) is 14.4 Å². The van der Waals surface area contributed by atoms with Gasteiger partial charge in [-0.2, -0.15) is 0 Å². The third-order valence-electron chi connectivity index (χ3n) is 5.07. The van der Waals surface area contributed by atoms with E-state index < -0.39 is 23.4 Å². The summed E-state index contributed by atoms with van der Waals surface area (Å²) in [5.41, 5.74) is -0.649. The molecule has 1 heterocycles. The van der Waals surface area contributed by atoms with E-state index in [0.29, 0.717) is 23.7 Å². The second kappa shape index (κ2) is 10.0. The van der Waals surface area contributed by atoms with Crippen molar-refractivity contribution in [1.82, 2.24) is 15.5 Å². The number of nitrogens with one attached hydrogen (secondary N) is 2. The normalized spacial score (nSPS) is 17.7. The van der Waals surface area contributed by atoms with Gasteiger partial charge in [0, 0.05) is 0 Å². The second-order valence-electron chi connectivity index (χ2n) is 7.28. The minimum Gasteiger partial charge on any atom is -0.497 e. The summed E-state index contributed by atoms with van der Waals surface area (Å²) in [5, 5.41) is 5.33. The maximum Gasteiger partial charge on any atom is 0.325 e. The molecule has 2 aromatic carbocycles. The van der Waals surface area contributed by atoms with Crippen LogP contribution >= 0.6 is 0 Å². The van der Waals surface area contributed by atoms with Crippen LogP contribution in [0.1, 0.15) is 19.4 Å². The zero-order valence-corrected chi connectivity index (χ0v) is 18.3. The number of amides is 4. The first-order valence-corrected chi connectivity index (χ1v) is 10.3.